The molecule has 2 N–H and O–H groups in total. The molecule has 74 valence electrons. The van der Waals surface area contributed by atoms with Gasteiger partial charge in [0.1, 0.15) is 17.2 Å². The summed E-state index contributed by atoms with van der Waals surface area (Å²) in [5, 5.41) is 9.67. The average Bonchev–Trinajstić information content (AvgIpc) is 2.45. The van der Waals surface area contributed by atoms with E-state index in [-0.39, 0.29) is 5.82 Å². The number of hydrogen-bond acceptors (Lipinski definition) is 2. The number of H-pyrrole nitrogens is 1. The number of aromatic nitrogens is 2. The predicted molar refractivity (Wildman–Crippen MR) is 51.3 cm³/mol. The second kappa shape index (κ2) is 2.78. The number of benzene rings is 1. The first-order valence-electron chi connectivity index (χ1n) is 4.35. The molecule has 1 aromatic carbocycles. The average molecular weight is 194 g/mol. The summed E-state index contributed by atoms with van der Waals surface area (Å²) in [6.07, 6.45) is 0. The Morgan fingerprint density at radius 2 is 2.14 bits per heavy atom. The topological polar surface area (TPSA) is 48.9 Å². The van der Waals surface area contributed by atoms with Gasteiger partial charge in [-0.1, -0.05) is 0 Å². The molecule has 1 heterocycles. The summed E-state index contributed by atoms with van der Waals surface area (Å²) in [6.45, 7) is 3.25. The van der Waals surface area contributed by atoms with Crippen molar-refractivity contribution in [2.45, 2.75) is 19.4 Å². The molecular formula is C10H11FN2O. The maximum absolute atomic E-state index is 12.8. The molecule has 0 atom stereocenters. The number of rotatable bonds is 1. The zero-order chi connectivity index (χ0) is 10.3. The summed E-state index contributed by atoms with van der Waals surface area (Å²) in [4.78, 5) is 7.03. The molecule has 0 saturated heterocycles. The molecule has 2 rings (SSSR count). The zero-order valence-corrected chi connectivity index (χ0v) is 8.00. The van der Waals surface area contributed by atoms with Crippen LogP contribution in [0.5, 0.6) is 0 Å². The van der Waals surface area contributed by atoms with Gasteiger partial charge in [0.25, 0.3) is 0 Å². The van der Waals surface area contributed by atoms with Gasteiger partial charge in [-0.05, 0) is 32.0 Å². The Morgan fingerprint density at radius 3 is 2.79 bits per heavy atom. The minimum Gasteiger partial charge on any atom is -0.383 e. The van der Waals surface area contributed by atoms with Gasteiger partial charge in [-0.25, -0.2) is 9.37 Å². The summed E-state index contributed by atoms with van der Waals surface area (Å²) in [5.74, 6) is 0.126. The van der Waals surface area contributed by atoms with Crippen LogP contribution in [0.15, 0.2) is 18.2 Å². The van der Waals surface area contributed by atoms with Crippen molar-refractivity contribution in [1.82, 2.24) is 9.97 Å². The van der Waals surface area contributed by atoms with E-state index in [2.05, 4.69) is 9.97 Å². The Balaban J connectivity index is 2.63. The quantitative estimate of drug-likeness (QED) is 0.728. The number of nitrogens with one attached hydrogen (secondary N) is 1. The second-order valence-electron chi connectivity index (χ2n) is 3.81. The van der Waals surface area contributed by atoms with Gasteiger partial charge in [-0.3, -0.25) is 0 Å². The van der Waals surface area contributed by atoms with Gasteiger partial charge in [0.2, 0.25) is 0 Å². The van der Waals surface area contributed by atoms with Crippen LogP contribution in [0.4, 0.5) is 4.39 Å². The largest absolute Gasteiger partial charge is 0.383 e. The Bertz CT molecular complexity index is 470. The minimum atomic E-state index is -1.03. The number of fused-ring (bicyclic) bond motifs is 1. The molecule has 0 aliphatic rings. The van der Waals surface area contributed by atoms with Crippen molar-refractivity contribution in [2.24, 2.45) is 0 Å². The lowest BCUT2D eigenvalue weighted by atomic mass is 10.1. The van der Waals surface area contributed by atoms with Crippen molar-refractivity contribution in [1.29, 1.82) is 0 Å². The zero-order valence-electron chi connectivity index (χ0n) is 8.00. The lowest BCUT2D eigenvalue weighted by molar-refractivity contribution is 0.0700. The Morgan fingerprint density at radius 1 is 1.43 bits per heavy atom. The van der Waals surface area contributed by atoms with E-state index >= 15 is 0 Å². The standard InChI is InChI=1S/C10H11FN2O/c1-10(2,14)9-12-7-4-3-6(11)5-8(7)13-9/h3-5,14H,1-2H3,(H,12,13). The lowest BCUT2D eigenvalue weighted by Crippen LogP contribution is -2.17. The predicted octanol–water partition coefficient (Wildman–Crippen LogP) is 1.93. The highest BCUT2D eigenvalue weighted by Gasteiger charge is 2.20. The Kier molecular flexibility index (Phi) is 1.82. The summed E-state index contributed by atoms with van der Waals surface area (Å²) in [6, 6.07) is 4.28. The minimum absolute atomic E-state index is 0.316. The molecule has 0 unspecified atom stereocenters. The first-order chi connectivity index (χ1) is 6.47. The van der Waals surface area contributed by atoms with Gasteiger partial charge in [0.15, 0.2) is 0 Å². The van der Waals surface area contributed by atoms with Crippen molar-refractivity contribution in [3.05, 3.63) is 29.8 Å². The second-order valence-corrected chi connectivity index (χ2v) is 3.81. The van der Waals surface area contributed by atoms with Crippen LogP contribution in [-0.2, 0) is 5.60 Å². The fourth-order valence-electron chi connectivity index (χ4n) is 1.27. The van der Waals surface area contributed by atoms with Gasteiger partial charge in [0, 0.05) is 0 Å². The molecule has 0 aliphatic heterocycles. The molecule has 1 aromatic heterocycles. The highest BCUT2D eigenvalue weighted by molar-refractivity contribution is 5.75. The molecular weight excluding hydrogens is 183 g/mol. The van der Waals surface area contributed by atoms with E-state index in [1.165, 1.54) is 12.1 Å². The van der Waals surface area contributed by atoms with Gasteiger partial charge in [0.05, 0.1) is 11.0 Å². The molecule has 4 heteroatoms. The highest BCUT2D eigenvalue weighted by atomic mass is 19.1. The molecule has 2 aromatic rings. The van der Waals surface area contributed by atoms with Crippen molar-refractivity contribution in [3.8, 4) is 0 Å². The van der Waals surface area contributed by atoms with Crippen LogP contribution < -0.4 is 0 Å². The SMILES string of the molecule is CC(C)(O)c1nc2ccc(F)cc2[nH]1. The number of nitrogens with zero attached hydrogens (tertiary/aromatic N) is 1. The summed E-state index contributed by atoms with van der Waals surface area (Å²) in [7, 11) is 0. The molecule has 0 aliphatic carbocycles. The summed E-state index contributed by atoms with van der Waals surface area (Å²) < 4.78 is 12.8. The van der Waals surface area contributed by atoms with E-state index in [0.717, 1.165) is 0 Å². The third-order valence-corrected chi connectivity index (χ3v) is 2.02. The highest BCUT2D eigenvalue weighted by Crippen LogP contribution is 2.20. The van der Waals surface area contributed by atoms with Crippen LogP contribution in [-0.4, -0.2) is 15.1 Å². The number of hydrogen-bond donors (Lipinski definition) is 2. The van der Waals surface area contributed by atoms with Crippen molar-refractivity contribution in [2.75, 3.05) is 0 Å². The molecule has 0 bridgehead atoms. The number of imidazole rings is 1. The molecule has 0 amide bonds. The monoisotopic (exact) mass is 194 g/mol. The van der Waals surface area contributed by atoms with E-state index in [4.69, 9.17) is 0 Å². The molecule has 3 nitrogen and oxygen atoms in total. The number of aliphatic hydroxyl groups is 1. The van der Waals surface area contributed by atoms with Gasteiger partial charge in [-0.2, -0.15) is 0 Å². The van der Waals surface area contributed by atoms with E-state index < -0.39 is 5.60 Å². The third kappa shape index (κ3) is 1.48. The van der Waals surface area contributed by atoms with Crippen LogP contribution in [0.3, 0.4) is 0 Å². The summed E-state index contributed by atoms with van der Waals surface area (Å²) in [5.41, 5.74) is 0.223. The van der Waals surface area contributed by atoms with E-state index in [0.29, 0.717) is 16.9 Å². The maximum Gasteiger partial charge on any atom is 0.138 e. The smallest absolute Gasteiger partial charge is 0.138 e. The molecule has 0 fully saturated rings. The van der Waals surface area contributed by atoms with E-state index in [9.17, 15) is 9.50 Å². The Hall–Kier alpha value is -1.42. The van der Waals surface area contributed by atoms with E-state index in [1.807, 2.05) is 0 Å². The maximum atomic E-state index is 12.8. The van der Waals surface area contributed by atoms with Crippen LogP contribution in [0.25, 0.3) is 11.0 Å². The molecule has 14 heavy (non-hydrogen) atoms. The third-order valence-electron chi connectivity index (χ3n) is 2.02. The lowest BCUT2D eigenvalue weighted by Gasteiger charge is -2.12. The fourth-order valence-corrected chi connectivity index (χ4v) is 1.27. The van der Waals surface area contributed by atoms with Crippen LogP contribution in [0.2, 0.25) is 0 Å². The first-order valence-corrected chi connectivity index (χ1v) is 4.35. The van der Waals surface area contributed by atoms with Gasteiger partial charge in [-0.15, -0.1) is 0 Å². The van der Waals surface area contributed by atoms with Crippen LogP contribution in [0, 0.1) is 5.82 Å². The van der Waals surface area contributed by atoms with Gasteiger partial charge < -0.3 is 10.1 Å². The first kappa shape index (κ1) is 9.15. The van der Waals surface area contributed by atoms with E-state index in [1.54, 1.807) is 19.9 Å². The molecule has 0 spiro atoms. The fraction of sp³-hybridized carbons (Fsp3) is 0.300. The Labute approximate surface area is 80.6 Å². The van der Waals surface area contributed by atoms with Crippen LogP contribution in [0.1, 0.15) is 19.7 Å². The number of halogens is 1. The van der Waals surface area contributed by atoms with Gasteiger partial charge >= 0.3 is 0 Å². The van der Waals surface area contributed by atoms with Crippen molar-refractivity contribution < 1.29 is 9.50 Å². The summed E-state index contributed by atoms with van der Waals surface area (Å²) >= 11 is 0. The normalized spacial score (nSPS) is 12.3. The van der Waals surface area contributed by atoms with Crippen molar-refractivity contribution >= 4 is 11.0 Å². The molecule has 0 saturated carbocycles. The van der Waals surface area contributed by atoms with Crippen molar-refractivity contribution in [3.63, 3.8) is 0 Å². The molecule has 0 radical (unpaired) electrons. The number of aromatic amines is 1. The van der Waals surface area contributed by atoms with Crippen LogP contribution >= 0.6 is 0 Å².